The van der Waals surface area contributed by atoms with Gasteiger partial charge in [0.15, 0.2) is 12.1 Å². The second-order valence-electron chi connectivity index (χ2n) is 11.0. The van der Waals surface area contributed by atoms with Gasteiger partial charge in [-0.15, -0.1) is 0 Å². The van der Waals surface area contributed by atoms with Gasteiger partial charge in [-0.25, -0.2) is 0 Å². The van der Waals surface area contributed by atoms with Gasteiger partial charge in [-0.05, 0) is 87.4 Å². The van der Waals surface area contributed by atoms with E-state index in [2.05, 4.69) is 30.7 Å². The Morgan fingerprint density at radius 3 is 1.28 bits per heavy atom. The van der Waals surface area contributed by atoms with Gasteiger partial charge in [-0.3, -0.25) is 9.59 Å². The summed E-state index contributed by atoms with van der Waals surface area (Å²) >= 11 is 13.1. The van der Waals surface area contributed by atoms with Crippen LogP contribution < -0.4 is 10.0 Å². The van der Waals surface area contributed by atoms with Crippen molar-refractivity contribution in [3.63, 3.8) is 0 Å². The van der Waals surface area contributed by atoms with Gasteiger partial charge in [0.1, 0.15) is 11.4 Å². The summed E-state index contributed by atoms with van der Waals surface area (Å²) in [7, 11) is 0. The molecule has 0 bridgehead atoms. The molecule has 0 fully saturated rings. The van der Waals surface area contributed by atoms with Crippen molar-refractivity contribution < 1.29 is 9.59 Å². The molecule has 0 aliphatic carbocycles. The quantitative estimate of drug-likeness (QED) is 0.186. The van der Waals surface area contributed by atoms with E-state index in [1.165, 1.54) is 10.0 Å². The number of halogens is 2. The van der Waals surface area contributed by atoms with Crippen LogP contribution in [0.15, 0.2) is 116 Å². The van der Waals surface area contributed by atoms with Crippen LogP contribution in [0.4, 0.5) is 22.7 Å². The first-order chi connectivity index (χ1) is 22.1. The Bertz CT molecular complexity index is 1830. The van der Waals surface area contributed by atoms with Gasteiger partial charge in [-0.2, -0.15) is 40.7 Å². The minimum atomic E-state index is -0.835. The summed E-state index contributed by atoms with van der Waals surface area (Å²) in [5.74, 6) is -0.568. The van der Waals surface area contributed by atoms with E-state index in [1.807, 2.05) is 74.5 Å². The zero-order chi connectivity index (χ0) is 32.5. The molecule has 10 nitrogen and oxygen atoms in total. The standard InChI is InChI=1S/C34H28Cl2N8O2/c1-19-5-11-25(12-6-19)43-33(45)31(21(3)41-43)39-37-29-15-9-23(17-27(29)35)24-10-16-30(28(36)18-24)38-40-32-22(4)42-44(34(32)46)26-13-7-20(2)8-14-26/h5-18,31-32H,1-4H3/t31-,32+. The van der Waals surface area contributed by atoms with E-state index in [-0.39, 0.29) is 11.8 Å². The number of aryl methyl sites for hydroxylation is 2. The van der Waals surface area contributed by atoms with Crippen LogP contribution in [0, 0.1) is 13.8 Å². The van der Waals surface area contributed by atoms with Crippen molar-refractivity contribution in [1.82, 2.24) is 0 Å². The van der Waals surface area contributed by atoms with Crippen LogP contribution in [0.1, 0.15) is 25.0 Å². The highest BCUT2D eigenvalue weighted by Crippen LogP contribution is 2.35. The second-order valence-corrected chi connectivity index (χ2v) is 11.8. The van der Waals surface area contributed by atoms with Crippen LogP contribution in [0.2, 0.25) is 10.0 Å². The van der Waals surface area contributed by atoms with Gasteiger partial charge in [0, 0.05) is 0 Å². The monoisotopic (exact) mass is 650 g/mol. The van der Waals surface area contributed by atoms with E-state index in [9.17, 15) is 9.59 Å². The number of azo groups is 2. The van der Waals surface area contributed by atoms with Gasteiger partial charge in [0.05, 0.1) is 32.8 Å². The summed E-state index contributed by atoms with van der Waals surface area (Å²) in [5.41, 5.74) is 6.99. The van der Waals surface area contributed by atoms with E-state index >= 15 is 0 Å². The Balaban J connectivity index is 1.13. The van der Waals surface area contributed by atoms with Gasteiger partial charge < -0.3 is 0 Å². The lowest BCUT2D eigenvalue weighted by atomic mass is 10.0. The van der Waals surface area contributed by atoms with Crippen LogP contribution in [0.3, 0.4) is 0 Å². The third-order valence-electron chi connectivity index (χ3n) is 7.54. The van der Waals surface area contributed by atoms with Crippen LogP contribution in [0.5, 0.6) is 0 Å². The van der Waals surface area contributed by atoms with Crippen molar-refractivity contribution in [3.8, 4) is 11.1 Å². The Kier molecular flexibility index (Phi) is 8.57. The molecule has 0 aromatic heterocycles. The largest absolute Gasteiger partial charge is 0.280 e. The molecule has 2 atom stereocenters. The number of hydrazone groups is 2. The second kappa shape index (κ2) is 12.7. The number of anilines is 2. The Morgan fingerprint density at radius 1 is 0.565 bits per heavy atom. The van der Waals surface area contributed by atoms with E-state index in [1.54, 1.807) is 38.1 Å². The van der Waals surface area contributed by atoms with E-state index in [4.69, 9.17) is 23.2 Å². The third kappa shape index (κ3) is 6.22. The van der Waals surface area contributed by atoms with Gasteiger partial charge in [0.25, 0.3) is 11.8 Å². The zero-order valence-electron chi connectivity index (χ0n) is 25.4. The molecule has 0 spiro atoms. The molecule has 2 amide bonds. The number of nitrogens with zero attached hydrogens (tertiary/aromatic N) is 8. The Labute approximate surface area is 275 Å². The van der Waals surface area contributed by atoms with Gasteiger partial charge >= 0.3 is 0 Å². The molecular weight excluding hydrogens is 623 g/mol. The lowest BCUT2D eigenvalue weighted by molar-refractivity contribution is -0.118. The zero-order valence-corrected chi connectivity index (χ0v) is 26.9. The molecule has 4 aromatic carbocycles. The van der Waals surface area contributed by atoms with E-state index in [0.29, 0.717) is 44.2 Å². The van der Waals surface area contributed by atoms with Crippen molar-refractivity contribution in [2.24, 2.45) is 30.7 Å². The maximum Gasteiger partial charge on any atom is 0.280 e. The highest BCUT2D eigenvalue weighted by atomic mass is 35.5. The molecule has 6 rings (SSSR count). The molecule has 2 aliphatic rings. The van der Waals surface area contributed by atoms with Crippen molar-refractivity contribution in [2.75, 3.05) is 10.0 Å². The summed E-state index contributed by atoms with van der Waals surface area (Å²) in [6, 6.07) is 24.0. The normalized spacial score (nSPS) is 18.3. The first-order valence-corrected chi connectivity index (χ1v) is 15.2. The van der Waals surface area contributed by atoms with E-state index < -0.39 is 12.1 Å². The molecule has 4 aromatic rings. The fourth-order valence-corrected chi connectivity index (χ4v) is 5.33. The number of rotatable bonds is 7. The summed E-state index contributed by atoms with van der Waals surface area (Å²) < 4.78 is 0. The fourth-order valence-electron chi connectivity index (χ4n) is 4.90. The van der Waals surface area contributed by atoms with Gasteiger partial charge in [0.2, 0.25) is 0 Å². The van der Waals surface area contributed by atoms with Gasteiger partial charge in [-0.1, -0.05) is 70.7 Å². The summed E-state index contributed by atoms with van der Waals surface area (Å²) in [4.78, 5) is 26.0. The first-order valence-electron chi connectivity index (χ1n) is 14.4. The van der Waals surface area contributed by atoms with Crippen molar-refractivity contribution in [3.05, 3.63) is 106 Å². The number of carbonyl (C=O) groups excluding carboxylic acids is 2. The van der Waals surface area contributed by atoms with Crippen molar-refractivity contribution in [1.29, 1.82) is 0 Å². The molecule has 46 heavy (non-hydrogen) atoms. The molecule has 12 heteroatoms. The topological polar surface area (TPSA) is 115 Å². The number of hydrogen-bond acceptors (Lipinski definition) is 8. The van der Waals surface area contributed by atoms with E-state index in [0.717, 1.165) is 22.3 Å². The number of amides is 2. The molecular formula is C34H28Cl2N8O2. The molecule has 0 N–H and O–H groups in total. The summed E-state index contributed by atoms with van der Waals surface area (Å²) in [6.45, 7) is 7.44. The minimum absolute atomic E-state index is 0.284. The molecule has 0 saturated carbocycles. The molecule has 0 radical (unpaired) electrons. The lowest BCUT2D eigenvalue weighted by Crippen LogP contribution is -2.29. The molecule has 0 unspecified atom stereocenters. The van der Waals surface area contributed by atoms with Crippen LogP contribution >= 0.6 is 23.2 Å². The maximum absolute atomic E-state index is 13.0. The Morgan fingerprint density at radius 2 is 0.935 bits per heavy atom. The molecule has 2 aliphatic heterocycles. The van der Waals surface area contributed by atoms with Crippen LogP contribution in [-0.4, -0.2) is 35.3 Å². The highest BCUT2D eigenvalue weighted by molar-refractivity contribution is 6.34. The predicted molar refractivity (Wildman–Crippen MR) is 182 cm³/mol. The van der Waals surface area contributed by atoms with Crippen molar-refractivity contribution in [2.45, 2.75) is 39.8 Å². The smallest absolute Gasteiger partial charge is 0.269 e. The minimum Gasteiger partial charge on any atom is -0.269 e. The highest BCUT2D eigenvalue weighted by Gasteiger charge is 2.35. The average Bonchev–Trinajstić information content (AvgIpc) is 3.49. The molecule has 0 saturated heterocycles. The lowest BCUT2D eigenvalue weighted by Gasteiger charge is -2.12. The average molecular weight is 652 g/mol. The molecule has 2 heterocycles. The number of carbonyl (C=O) groups is 2. The molecule has 230 valence electrons. The third-order valence-corrected chi connectivity index (χ3v) is 8.15. The first kappa shape index (κ1) is 30.9. The van der Waals surface area contributed by atoms with Crippen LogP contribution in [0.25, 0.3) is 11.1 Å². The Hall–Kier alpha value is -5.06. The predicted octanol–water partition coefficient (Wildman–Crippen LogP) is 9.03. The summed E-state index contributed by atoms with van der Waals surface area (Å²) in [6.07, 6.45) is 0. The number of benzene rings is 4. The maximum atomic E-state index is 13.0. The summed E-state index contributed by atoms with van der Waals surface area (Å²) in [5, 5.41) is 29.2. The van der Waals surface area contributed by atoms with Crippen LogP contribution in [-0.2, 0) is 9.59 Å². The fraction of sp³-hybridized carbons (Fsp3) is 0.176. The SMILES string of the molecule is CC1=NN(c2ccc(C)cc2)C(=O)[C@H]1N=Nc1ccc(-c2ccc(N=N[C@H]3C(=O)N(c4ccc(C)cc4)N=C3C)c(Cl)c2)cc1Cl. The number of hydrogen-bond donors (Lipinski definition) is 0. The van der Waals surface area contributed by atoms with Crippen molar-refractivity contribution >= 4 is 69.2 Å².